The van der Waals surface area contributed by atoms with Crippen LogP contribution < -0.4 is 5.69 Å². The Kier molecular flexibility index (Phi) is 9.67. The van der Waals surface area contributed by atoms with Gasteiger partial charge in [-0.3, -0.25) is 4.57 Å². The number of benzene rings is 4. The number of nitrogens with zero attached hydrogens (tertiary/aromatic N) is 2. The summed E-state index contributed by atoms with van der Waals surface area (Å²) in [6.07, 6.45) is 2.58. The second-order valence-corrected chi connectivity index (χ2v) is 13.4. The van der Waals surface area contributed by atoms with Gasteiger partial charge in [-0.1, -0.05) is 60.7 Å². The minimum atomic E-state index is -1.33. The zero-order valence-corrected chi connectivity index (χ0v) is 28.2. The summed E-state index contributed by atoms with van der Waals surface area (Å²) in [5.41, 5.74) is -0.577. The van der Waals surface area contributed by atoms with Crippen LogP contribution in [0, 0.1) is 21.0 Å². The van der Waals surface area contributed by atoms with Crippen LogP contribution in [0.5, 0.6) is 0 Å². The molecular weight excluding hydrogens is 760 g/mol. The average Bonchev–Trinajstić information content (AvgIpc) is 3.55. The van der Waals surface area contributed by atoms with Crippen molar-refractivity contribution >= 4 is 56.8 Å². The Bertz CT molecular complexity index is 2120. The van der Waals surface area contributed by atoms with Crippen molar-refractivity contribution in [1.29, 1.82) is 0 Å². The van der Waals surface area contributed by atoms with E-state index in [0.29, 0.717) is 54.9 Å². The van der Waals surface area contributed by atoms with Crippen molar-refractivity contribution in [2.24, 2.45) is 0 Å². The van der Waals surface area contributed by atoms with E-state index < -0.39 is 34.3 Å². The highest BCUT2D eigenvalue weighted by Gasteiger charge is 2.48. The van der Waals surface area contributed by atoms with Crippen molar-refractivity contribution in [1.82, 2.24) is 8.54 Å². The van der Waals surface area contributed by atoms with Gasteiger partial charge in [-0.2, -0.15) is 0 Å². The van der Waals surface area contributed by atoms with E-state index in [2.05, 4.69) is 0 Å². The summed E-state index contributed by atoms with van der Waals surface area (Å²) in [7, 11) is 0. The molecule has 2 heterocycles. The van der Waals surface area contributed by atoms with Crippen molar-refractivity contribution in [3.63, 3.8) is 0 Å². The molecule has 1 fully saturated rings. The molecule has 1 atom stereocenters. The predicted molar refractivity (Wildman–Crippen MR) is 183 cm³/mol. The number of hydrogen-bond acceptors (Lipinski definition) is 7. The Morgan fingerprint density at radius 2 is 1.60 bits per heavy atom. The highest BCUT2D eigenvalue weighted by Crippen LogP contribution is 2.45. The number of furan rings is 1. The maximum Gasteiger partial charge on any atom is 0.346 e. The molecule has 0 saturated heterocycles. The first kappa shape index (κ1) is 32.9. The third kappa shape index (κ3) is 6.80. The molecule has 48 heavy (non-hydrogen) atoms. The zero-order chi connectivity index (χ0) is 33.3. The van der Waals surface area contributed by atoms with Crippen LogP contribution in [-0.2, 0) is 31.9 Å². The zero-order valence-electron chi connectivity index (χ0n) is 25.2. The Morgan fingerprint density at radius 3 is 2.29 bits per heavy atom. The lowest BCUT2D eigenvalue weighted by atomic mass is 10.1. The largest absolute Gasteiger partial charge is 0.462 e. The van der Waals surface area contributed by atoms with E-state index in [1.165, 1.54) is 24.5 Å². The average molecular weight is 789 g/mol. The van der Waals surface area contributed by atoms with Crippen LogP contribution in [-0.4, -0.2) is 26.9 Å². The van der Waals surface area contributed by atoms with Gasteiger partial charge in [0.25, 0.3) is 0 Å². The molecule has 0 spiro atoms. The Morgan fingerprint density at radius 1 is 0.896 bits per heavy atom. The second kappa shape index (κ2) is 14.1. The van der Waals surface area contributed by atoms with Gasteiger partial charge in [0.2, 0.25) is 0 Å². The van der Waals surface area contributed by atoms with Crippen LogP contribution in [0.25, 0.3) is 27.7 Å². The van der Waals surface area contributed by atoms with E-state index in [4.69, 9.17) is 23.1 Å². The maximum absolute atomic E-state index is 15.6. The minimum Gasteiger partial charge on any atom is -0.462 e. The first-order chi connectivity index (χ1) is 23.3. The molecule has 248 valence electrons. The molecular formula is C35H28F3IN2O6S. The summed E-state index contributed by atoms with van der Waals surface area (Å²) in [5.74, 6) is -3.35. The molecule has 13 heteroatoms. The number of hydrogen-bond donors (Lipinski definition) is 0. The smallest absolute Gasteiger partial charge is 0.346 e. The van der Waals surface area contributed by atoms with Gasteiger partial charge >= 0.3 is 5.69 Å². The van der Waals surface area contributed by atoms with Gasteiger partial charge in [0.1, 0.15) is 22.5 Å². The summed E-state index contributed by atoms with van der Waals surface area (Å²) in [5, 5.41) is -0.178. The fourth-order valence-corrected chi connectivity index (χ4v) is 6.64. The monoisotopic (exact) mass is 788 g/mol. The number of aromatic nitrogens is 2. The van der Waals surface area contributed by atoms with Gasteiger partial charge in [-0.05, 0) is 70.8 Å². The highest BCUT2D eigenvalue weighted by atomic mass is 127. The molecule has 0 radical (unpaired) electrons. The summed E-state index contributed by atoms with van der Waals surface area (Å²) < 4.78 is 71.5. The van der Waals surface area contributed by atoms with Crippen molar-refractivity contribution in [2.45, 2.75) is 44.2 Å². The van der Waals surface area contributed by atoms with Gasteiger partial charge in [0, 0.05) is 9.99 Å². The summed E-state index contributed by atoms with van der Waals surface area (Å²) in [4.78, 5) is 19.7. The van der Waals surface area contributed by atoms with Gasteiger partial charge in [0.05, 0.1) is 43.3 Å². The van der Waals surface area contributed by atoms with E-state index in [0.717, 1.165) is 19.7 Å². The van der Waals surface area contributed by atoms with Crippen molar-refractivity contribution < 1.29 is 36.3 Å². The van der Waals surface area contributed by atoms with Gasteiger partial charge in [-0.15, -0.1) is 4.33 Å². The fraction of sp³-hybridized carbons (Fsp3) is 0.229. The number of ether oxygens (including phenoxy) is 2. The lowest BCUT2D eigenvalue weighted by molar-refractivity contribution is -0.254. The summed E-state index contributed by atoms with van der Waals surface area (Å²) >= 11 is 2.38. The molecule has 2 aromatic heterocycles. The minimum absolute atomic E-state index is 0.104. The van der Waals surface area contributed by atoms with E-state index >= 15 is 13.2 Å². The van der Waals surface area contributed by atoms with E-state index in [-0.39, 0.29) is 28.3 Å². The van der Waals surface area contributed by atoms with Crippen LogP contribution in [0.3, 0.4) is 0 Å². The normalized spacial score (nSPS) is 14.6. The quantitative estimate of drug-likeness (QED) is 0.0474. The predicted octanol–water partition coefficient (Wildman–Crippen LogP) is 8.64. The Hall–Kier alpha value is -3.60. The molecule has 1 aliphatic rings. The molecule has 7 rings (SSSR count). The maximum atomic E-state index is 15.6. The van der Waals surface area contributed by atoms with E-state index in [1.807, 2.05) is 83.3 Å². The Labute approximate surface area is 290 Å². The van der Waals surface area contributed by atoms with Crippen molar-refractivity contribution in [3.8, 4) is 5.69 Å². The topological polar surface area (TPSA) is 77.0 Å². The van der Waals surface area contributed by atoms with Crippen LogP contribution in [0.2, 0.25) is 0 Å². The van der Waals surface area contributed by atoms with Gasteiger partial charge < -0.3 is 13.9 Å². The lowest BCUT2D eigenvalue weighted by Crippen LogP contribution is -2.28. The van der Waals surface area contributed by atoms with Crippen LogP contribution in [0.1, 0.15) is 30.4 Å². The molecule has 0 amide bonds. The molecule has 4 aromatic carbocycles. The van der Waals surface area contributed by atoms with E-state index in [9.17, 15) is 4.79 Å². The fourth-order valence-electron chi connectivity index (χ4n) is 5.56. The number of imidazole rings is 1. The standard InChI is InChI=1S/C35H28F3IN2O6S/c36-27-17-24(39)11-12-28(27)40-31-30(38)29(37)26-13-16-44-33(26)32(31)41(34(40)42)48-47-46-35(14-15-35)18-25(45-20-23-9-5-2-6-10-23)21-43-19-22-7-3-1-4-8-22/h1-13,16-17,25H,14-15,18-21H2/t25-/m1/s1. The molecule has 0 N–H and O–H groups in total. The number of halogens is 4. The molecule has 0 bridgehead atoms. The van der Waals surface area contributed by atoms with Gasteiger partial charge in [0.15, 0.2) is 29.4 Å². The summed E-state index contributed by atoms with van der Waals surface area (Å²) in [6, 6.07) is 24.9. The van der Waals surface area contributed by atoms with Crippen LogP contribution >= 0.6 is 34.8 Å². The molecule has 8 nitrogen and oxygen atoms in total. The molecule has 1 saturated carbocycles. The van der Waals surface area contributed by atoms with Crippen LogP contribution in [0.15, 0.2) is 100 Å². The van der Waals surface area contributed by atoms with Crippen molar-refractivity contribution in [2.75, 3.05) is 6.61 Å². The molecule has 0 unspecified atom stereocenters. The highest BCUT2D eigenvalue weighted by molar-refractivity contribution is 14.1. The first-order valence-electron chi connectivity index (χ1n) is 15.1. The Balaban J connectivity index is 1.12. The van der Waals surface area contributed by atoms with Crippen LogP contribution in [0.4, 0.5) is 13.2 Å². The second-order valence-electron chi connectivity index (χ2n) is 11.5. The molecule has 6 aromatic rings. The molecule has 0 aliphatic heterocycles. The SMILES string of the molecule is O=c1n(SOOC2(C[C@H](COCc3ccccc3)OCc3ccccc3)CC2)c2c3occc3c(F)c(F)c2n1-c1ccc(I)cc1F. The third-order valence-electron chi connectivity index (χ3n) is 8.15. The first-order valence-corrected chi connectivity index (χ1v) is 16.9. The van der Waals surface area contributed by atoms with Gasteiger partial charge in [-0.25, -0.2) is 26.8 Å². The van der Waals surface area contributed by atoms with E-state index in [1.54, 1.807) is 6.07 Å². The lowest BCUT2D eigenvalue weighted by Gasteiger charge is -2.23. The third-order valence-corrected chi connectivity index (χ3v) is 9.44. The number of fused-ring (bicyclic) bond motifs is 3. The van der Waals surface area contributed by atoms with Crippen molar-refractivity contribution in [3.05, 3.63) is 134 Å². The summed E-state index contributed by atoms with van der Waals surface area (Å²) in [6.45, 7) is 1.09. The molecule has 1 aliphatic carbocycles. The number of rotatable bonds is 14.